The zero-order valence-electron chi connectivity index (χ0n) is 14.2. The summed E-state index contributed by atoms with van der Waals surface area (Å²) in [5.41, 5.74) is 2.90. The first-order valence-corrected chi connectivity index (χ1v) is 8.13. The summed E-state index contributed by atoms with van der Waals surface area (Å²) >= 11 is 0. The van der Waals surface area contributed by atoms with Gasteiger partial charge in [0.15, 0.2) is 0 Å². The second kappa shape index (κ2) is 6.02. The molecule has 0 radical (unpaired) electrons. The molecule has 4 aromatic rings. The van der Waals surface area contributed by atoms with Crippen molar-refractivity contribution in [1.29, 1.82) is 0 Å². The molecule has 0 unspecified atom stereocenters. The van der Waals surface area contributed by atoms with E-state index in [9.17, 15) is 4.79 Å². The number of rotatable bonds is 4. The minimum absolute atomic E-state index is 0.0586. The Balaban J connectivity index is 1.60. The van der Waals surface area contributed by atoms with Crippen molar-refractivity contribution in [1.82, 2.24) is 9.13 Å². The lowest BCUT2D eigenvalue weighted by atomic mass is 10.2. The average molecular weight is 333 g/mol. The minimum atomic E-state index is -0.0586. The topological polar surface area (TPSA) is 48.2 Å². The third-order valence-electron chi connectivity index (χ3n) is 4.51. The van der Waals surface area contributed by atoms with Gasteiger partial charge in [-0.1, -0.05) is 12.1 Å². The fourth-order valence-electron chi connectivity index (χ4n) is 3.27. The summed E-state index contributed by atoms with van der Waals surface area (Å²) in [5.74, 6) is 0.752. The number of hydrogen-bond donors (Lipinski definition) is 1. The highest BCUT2D eigenvalue weighted by Gasteiger charge is 2.11. The lowest BCUT2D eigenvalue weighted by Crippen LogP contribution is -2.18. The number of carbonyl (C=O) groups is 1. The van der Waals surface area contributed by atoms with Gasteiger partial charge < -0.3 is 19.2 Å². The van der Waals surface area contributed by atoms with Crippen LogP contribution in [0.1, 0.15) is 0 Å². The molecule has 5 heteroatoms. The SMILES string of the molecule is COc1cccc2c1ccn2CC(=O)Nc1cccc2c1ccn2C. The summed E-state index contributed by atoms with van der Waals surface area (Å²) in [7, 11) is 3.65. The zero-order chi connectivity index (χ0) is 17.4. The van der Waals surface area contributed by atoms with Crippen molar-refractivity contribution < 1.29 is 9.53 Å². The summed E-state index contributed by atoms with van der Waals surface area (Å²) in [5, 5.41) is 5.07. The first kappa shape index (κ1) is 15.3. The Hall–Kier alpha value is -3.21. The van der Waals surface area contributed by atoms with Crippen molar-refractivity contribution in [3.63, 3.8) is 0 Å². The summed E-state index contributed by atoms with van der Waals surface area (Å²) in [6, 6.07) is 15.7. The molecule has 25 heavy (non-hydrogen) atoms. The Morgan fingerprint density at radius 2 is 1.76 bits per heavy atom. The summed E-state index contributed by atoms with van der Waals surface area (Å²) in [4.78, 5) is 12.6. The average Bonchev–Trinajstić information content (AvgIpc) is 3.20. The number of methoxy groups -OCH3 is 1. The second-order valence-electron chi connectivity index (χ2n) is 6.05. The molecule has 0 fully saturated rings. The molecule has 5 nitrogen and oxygen atoms in total. The molecular formula is C20H19N3O2. The molecule has 0 aliphatic heterocycles. The van der Waals surface area contributed by atoms with Crippen LogP contribution in [0.3, 0.4) is 0 Å². The fourth-order valence-corrected chi connectivity index (χ4v) is 3.27. The standard InChI is InChI=1S/C20H19N3O2/c1-22-11-9-14-16(5-3-6-17(14)22)21-20(24)13-23-12-10-15-18(23)7-4-8-19(15)25-2/h3-12H,13H2,1-2H3,(H,21,24). The Labute approximate surface area is 145 Å². The summed E-state index contributed by atoms with van der Waals surface area (Å²) < 4.78 is 9.34. The molecule has 0 atom stereocenters. The van der Waals surface area contributed by atoms with Gasteiger partial charge in [0.1, 0.15) is 12.3 Å². The van der Waals surface area contributed by atoms with Crippen LogP contribution in [0.5, 0.6) is 5.75 Å². The van der Waals surface area contributed by atoms with Crippen LogP contribution in [0.15, 0.2) is 60.9 Å². The maximum absolute atomic E-state index is 12.6. The van der Waals surface area contributed by atoms with Crippen LogP contribution in [-0.2, 0) is 18.4 Å². The van der Waals surface area contributed by atoms with E-state index in [1.807, 2.05) is 77.1 Å². The van der Waals surface area contributed by atoms with Crippen LogP contribution in [0.25, 0.3) is 21.8 Å². The normalized spacial score (nSPS) is 11.1. The number of nitrogens with one attached hydrogen (secondary N) is 1. The van der Waals surface area contributed by atoms with E-state index in [1.54, 1.807) is 7.11 Å². The number of nitrogens with zero attached hydrogens (tertiary/aromatic N) is 2. The highest BCUT2D eigenvalue weighted by molar-refractivity contribution is 6.01. The number of aryl methyl sites for hydroxylation is 1. The molecule has 126 valence electrons. The molecule has 0 saturated heterocycles. The van der Waals surface area contributed by atoms with Crippen LogP contribution in [0, 0.1) is 0 Å². The van der Waals surface area contributed by atoms with Crippen LogP contribution < -0.4 is 10.1 Å². The molecular weight excluding hydrogens is 314 g/mol. The molecule has 2 heterocycles. The molecule has 1 amide bonds. The van der Waals surface area contributed by atoms with Crippen LogP contribution in [-0.4, -0.2) is 22.2 Å². The Kier molecular flexibility index (Phi) is 3.69. The third kappa shape index (κ3) is 2.63. The predicted octanol–water partition coefficient (Wildman–Crippen LogP) is 3.78. The van der Waals surface area contributed by atoms with Gasteiger partial charge in [-0.3, -0.25) is 4.79 Å². The lowest BCUT2D eigenvalue weighted by Gasteiger charge is -2.09. The third-order valence-corrected chi connectivity index (χ3v) is 4.51. The number of hydrogen-bond acceptors (Lipinski definition) is 2. The molecule has 0 aliphatic carbocycles. The van der Waals surface area contributed by atoms with E-state index in [1.165, 1.54) is 0 Å². The number of aromatic nitrogens is 2. The van der Waals surface area contributed by atoms with Crippen molar-refractivity contribution in [3.8, 4) is 5.75 Å². The van der Waals surface area contributed by atoms with Crippen molar-refractivity contribution in [2.75, 3.05) is 12.4 Å². The number of carbonyl (C=O) groups excluding carboxylic acids is 1. The quantitative estimate of drug-likeness (QED) is 0.618. The van der Waals surface area contributed by atoms with Gasteiger partial charge in [0, 0.05) is 35.7 Å². The maximum Gasteiger partial charge on any atom is 0.244 e. The van der Waals surface area contributed by atoms with E-state index in [0.29, 0.717) is 0 Å². The largest absolute Gasteiger partial charge is 0.496 e. The van der Waals surface area contributed by atoms with E-state index in [-0.39, 0.29) is 12.5 Å². The maximum atomic E-state index is 12.6. The van der Waals surface area contributed by atoms with Crippen molar-refractivity contribution in [2.24, 2.45) is 7.05 Å². The van der Waals surface area contributed by atoms with E-state index in [4.69, 9.17) is 4.74 Å². The van der Waals surface area contributed by atoms with Gasteiger partial charge in [-0.25, -0.2) is 0 Å². The van der Waals surface area contributed by atoms with E-state index in [2.05, 4.69) is 5.32 Å². The Bertz CT molecular complexity index is 1080. The molecule has 0 aliphatic rings. The highest BCUT2D eigenvalue weighted by atomic mass is 16.5. The summed E-state index contributed by atoms with van der Waals surface area (Å²) in [6.45, 7) is 0.250. The Morgan fingerprint density at radius 1 is 1.00 bits per heavy atom. The monoisotopic (exact) mass is 333 g/mol. The lowest BCUT2D eigenvalue weighted by molar-refractivity contribution is -0.116. The van der Waals surface area contributed by atoms with Gasteiger partial charge in [0.05, 0.1) is 18.3 Å². The molecule has 2 aromatic carbocycles. The van der Waals surface area contributed by atoms with E-state index < -0.39 is 0 Å². The molecule has 4 rings (SSSR count). The predicted molar refractivity (Wildman–Crippen MR) is 100 cm³/mol. The van der Waals surface area contributed by atoms with Gasteiger partial charge in [-0.05, 0) is 36.4 Å². The van der Waals surface area contributed by atoms with Gasteiger partial charge in [0.25, 0.3) is 0 Å². The number of anilines is 1. The van der Waals surface area contributed by atoms with E-state index in [0.717, 1.165) is 33.2 Å². The molecule has 2 aromatic heterocycles. The number of fused-ring (bicyclic) bond motifs is 2. The van der Waals surface area contributed by atoms with Crippen molar-refractivity contribution in [2.45, 2.75) is 6.54 Å². The van der Waals surface area contributed by atoms with Crippen LogP contribution >= 0.6 is 0 Å². The smallest absolute Gasteiger partial charge is 0.244 e. The van der Waals surface area contributed by atoms with Gasteiger partial charge in [0.2, 0.25) is 5.91 Å². The van der Waals surface area contributed by atoms with Crippen LogP contribution in [0.4, 0.5) is 5.69 Å². The number of amides is 1. The molecule has 1 N–H and O–H groups in total. The van der Waals surface area contributed by atoms with Crippen molar-refractivity contribution in [3.05, 3.63) is 60.9 Å². The Morgan fingerprint density at radius 3 is 2.60 bits per heavy atom. The van der Waals surface area contributed by atoms with Gasteiger partial charge in [-0.15, -0.1) is 0 Å². The fraction of sp³-hybridized carbons (Fsp3) is 0.150. The molecule has 0 spiro atoms. The first-order chi connectivity index (χ1) is 12.2. The molecule has 0 saturated carbocycles. The van der Waals surface area contributed by atoms with Crippen molar-refractivity contribution >= 4 is 33.4 Å². The number of ether oxygens (including phenoxy) is 1. The second-order valence-corrected chi connectivity index (χ2v) is 6.05. The molecule has 0 bridgehead atoms. The first-order valence-electron chi connectivity index (χ1n) is 8.13. The highest BCUT2D eigenvalue weighted by Crippen LogP contribution is 2.27. The summed E-state index contributed by atoms with van der Waals surface area (Å²) in [6.07, 6.45) is 3.90. The minimum Gasteiger partial charge on any atom is -0.496 e. The zero-order valence-corrected chi connectivity index (χ0v) is 14.2. The van der Waals surface area contributed by atoms with Gasteiger partial charge >= 0.3 is 0 Å². The van der Waals surface area contributed by atoms with Gasteiger partial charge in [-0.2, -0.15) is 0 Å². The van der Waals surface area contributed by atoms with Crippen LogP contribution in [0.2, 0.25) is 0 Å². The number of benzene rings is 2. The van der Waals surface area contributed by atoms with E-state index >= 15 is 0 Å².